The van der Waals surface area contributed by atoms with Gasteiger partial charge in [-0.2, -0.15) is 0 Å². The second-order valence-corrected chi connectivity index (χ2v) is 5.20. The van der Waals surface area contributed by atoms with Gasteiger partial charge in [-0.05, 0) is 31.9 Å². The summed E-state index contributed by atoms with van der Waals surface area (Å²) in [6.45, 7) is 9.77. The van der Waals surface area contributed by atoms with Crippen molar-refractivity contribution in [1.29, 1.82) is 0 Å². The molecule has 0 bridgehead atoms. The Bertz CT molecular complexity index is 376. The summed E-state index contributed by atoms with van der Waals surface area (Å²) >= 11 is 0. The van der Waals surface area contributed by atoms with Crippen LogP contribution in [-0.4, -0.2) is 31.2 Å². The molecule has 1 aromatic heterocycles. The second-order valence-electron chi connectivity index (χ2n) is 5.20. The van der Waals surface area contributed by atoms with E-state index in [2.05, 4.69) is 24.5 Å². The summed E-state index contributed by atoms with van der Waals surface area (Å²) in [6, 6.07) is 3.54. The number of nitrogens with one attached hydrogen (secondary N) is 2. The molecule has 2 atom stereocenters. The molecule has 0 aromatic carbocycles. The minimum Gasteiger partial charge on any atom is -0.467 e. The first-order valence-electron chi connectivity index (χ1n) is 7.18. The molecular formula is C15H26N2O3. The number of amides is 1. The Labute approximate surface area is 121 Å². The maximum absolute atomic E-state index is 12.0. The van der Waals surface area contributed by atoms with Crippen LogP contribution < -0.4 is 10.6 Å². The van der Waals surface area contributed by atoms with Crippen molar-refractivity contribution in [3.63, 3.8) is 0 Å². The van der Waals surface area contributed by atoms with Crippen LogP contribution in [0.1, 0.15) is 33.5 Å². The fourth-order valence-corrected chi connectivity index (χ4v) is 1.82. The van der Waals surface area contributed by atoms with E-state index >= 15 is 0 Å². The van der Waals surface area contributed by atoms with Crippen LogP contribution in [0.3, 0.4) is 0 Å². The van der Waals surface area contributed by atoms with Crippen molar-refractivity contribution < 1.29 is 13.9 Å². The Morgan fingerprint density at radius 2 is 2.15 bits per heavy atom. The molecule has 1 rings (SSSR count). The molecule has 5 nitrogen and oxygen atoms in total. The zero-order valence-corrected chi connectivity index (χ0v) is 12.8. The fourth-order valence-electron chi connectivity index (χ4n) is 1.82. The Morgan fingerprint density at radius 1 is 1.40 bits per heavy atom. The summed E-state index contributed by atoms with van der Waals surface area (Å²) in [6.07, 6.45) is 1.60. The van der Waals surface area contributed by atoms with Gasteiger partial charge in [-0.1, -0.05) is 13.8 Å². The largest absolute Gasteiger partial charge is 0.467 e. The van der Waals surface area contributed by atoms with E-state index in [1.807, 2.05) is 19.9 Å². The zero-order valence-electron chi connectivity index (χ0n) is 12.8. The van der Waals surface area contributed by atoms with Gasteiger partial charge in [0.25, 0.3) is 0 Å². The quantitative estimate of drug-likeness (QED) is 0.726. The van der Waals surface area contributed by atoms with Crippen molar-refractivity contribution in [2.24, 2.45) is 5.92 Å². The van der Waals surface area contributed by atoms with Crippen LogP contribution in [0.5, 0.6) is 0 Å². The third-order valence-corrected chi connectivity index (χ3v) is 3.18. The van der Waals surface area contributed by atoms with Crippen LogP contribution in [0.25, 0.3) is 0 Å². The van der Waals surface area contributed by atoms with Crippen LogP contribution in [-0.2, 0) is 16.1 Å². The molecule has 1 amide bonds. The number of carbonyl (C=O) groups excluding carboxylic acids is 1. The molecule has 5 heteroatoms. The highest BCUT2D eigenvalue weighted by atomic mass is 16.5. The van der Waals surface area contributed by atoms with Crippen molar-refractivity contribution in [1.82, 2.24) is 10.6 Å². The summed E-state index contributed by atoms with van der Waals surface area (Å²) < 4.78 is 10.6. The van der Waals surface area contributed by atoms with E-state index in [0.29, 0.717) is 25.7 Å². The highest BCUT2D eigenvalue weighted by Gasteiger charge is 2.20. The number of furan rings is 1. The number of carbonyl (C=O) groups is 1. The third-order valence-electron chi connectivity index (χ3n) is 3.18. The maximum Gasteiger partial charge on any atom is 0.237 e. The highest BCUT2D eigenvalue weighted by Crippen LogP contribution is 2.04. The monoisotopic (exact) mass is 282 g/mol. The molecule has 1 heterocycles. The van der Waals surface area contributed by atoms with Crippen molar-refractivity contribution in [2.45, 2.75) is 46.3 Å². The van der Waals surface area contributed by atoms with Crippen molar-refractivity contribution in [2.75, 3.05) is 13.2 Å². The van der Waals surface area contributed by atoms with Gasteiger partial charge in [0, 0.05) is 12.6 Å². The van der Waals surface area contributed by atoms with Crippen molar-refractivity contribution in [3.8, 4) is 0 Å². The topological polar surface area (TPSA) is 63.5 Å². The normalized spacial score (nSPS) is 14.2. The SMILES string of the molecule is CCOCC(NC(C)C(=O)NCc1ccco1)C(C)C. The summed E-state index contributed by atoms with van der Waals surface area (Å²) in [7, 11) is 0. The molecule has 0 aliphatic rings. The van der Waals surface area contributed by atoms with E-state index in [0.717, 1.165) is 5.76 Å². The van der Waals surface area contributed by atoms with Crippen molar-refractivity contribution in [3.05, 3.63) is 24.2 Å². The molecule has 0 radical (unpaired) electrons. The average molecular weight is 282 g/mol. The van der Waals surface area contributed by atoms with Gasteiger partial charge in [-0.25, -0.2) is 0 Å². The zero-order chi connectivity index (χ0) is 15.0. The van der Waals surface area contributed by atoms with Crippen LogP contribution in [0, 0.1) is 5.92 Å². The lowest BCUT2D eigenvalue weighted by Gasteiger charge is -2.25. The number of rotatable bonds is 9. The first-order chi connectivity index (χ1) is 9.54. The number of ether oxygens (including phenoxy) is 1. The van der Waals surface area contributed by atoms with Crippen LogP contribution >= 0.6 is 0 Å². The Balaban J connectivity index is 2.38. The summed E-state index contributed by atoms with van der Waals surface area (Å²) in [4.78, 5) is 12.0. The van der Waals surface area contributed by atoms with Gasteiger partial charge < -0.3 is 19.8 Å². The molecule has 0 saturated carbocycles. The number of hydrogen-bond acceptors (Lipinski definition) is 4. The third kappa shape index (κ3) is 5.75. The van der Waals surface area contributed by atoms with Crippen LogP contribution in [0.4, 0.5) is 0 Å². The molecule has 0 aliphatic carbocycles. The predicted molar refractivity (Wildman–Crippen MR) is 78.3 cm³/mol. The lowest BCUT2D eigenvalue weighted by Crippen LogP contribution is -2.49. The summed E-state index contributed by atoms with van der Waals surface area (Å²) in [5.74, 6) is 1.12. The van der Waals surface area contributed by atoms with E-state index in [9.17, 15) is 4.79 Å². The molecule has 2 N–H and O–H groups in total. The molecule has 114 valence electrons. The van der Waals surface area contributed by atoms with E-state index < -0.39 is 0 Å². The van der Waals surface area contributed by atoms with Gasteiger partial charge in [0.15, 0.2) is 0 Å². The first-order valence-corrected chi connectivity index (χ1v) is 7.18. The van der Waals surface area contributed by atoms with Gasteiger partial charge >= 0.3 is 0 Å². The average Bonchev–Trinajstić information content (AvgIpc) is 2.93. The van der Waals surface area contributed by atoms with Gasteiger partial charge in [0.1, 0.15) is 5.76 Å². The van der Waals surface area contributed by atoms with Crippen LogP contribution in [0.2, 0.25) is 0 Å². The second kappa shape index (κ2) is 8.76. The minimum absolute atomic E-state index is 0.0384. The van der Waals surface area contributed by atoms with Gasteiger partial charge in [-0.3, -0.25) is 4.79 Å². The molecular weight excluding hydrogens is 256 g/mol. The Kier molecular flexibility index (Phi) is 7.33. The fraction of sp³-hybridized carbons (Fsp3) is 0.667. The predicted octanol–water partition coefficient (Wildman–Crippen LogP) is 1.94. The lowest BCUT2D eigenvalue weighted by atomic mass is 10.0. The van der Waals surface area contributed by atoms with Gasteiger partial charge in [-0.15, -0.1) is 0 Å². The van der Waals surface area contributed by atoms with E-state index in [4.69, 9.17) is 9.15 Å². The van der Waals surface area contributed by atoms with Gasteiger partial charge in [0.2, 0.25) is 5.91 Å². The molecule has 0 aliphatic heterocycles. The molecule has 0 saturated heterocycles. The molecule has 2 unspecified atom stereocenters. The summed E-state index contributed by atoms with van der Waals surface area (Å²) in [5, 5.41) is 6.16. The Hall–Kier alpha value is -1.33. The van der Waals surface area contributed by atoms with Gasteiger partial charge in [0.05, 0.1) is 25.5 Å². The molecule has 0 fully saturated rings. The van der Waals surface area contributed by atoms with Crippen molar-refractivity contribution >= 4 is 5.91 Å². The Morgan fingerprint density at radius 3 is 2.70 bits per heavy atom. The van der Waals surface area contributed by atoms with E-state index in [-0.39, 0.29) is 18.0 Å². The molecule has 1 aromatic rings. The van der Waals surface area contributed by atoms with E-state index in [1.165, 1.54) is 0 Å². The number of hydrogen-bond donors (Lipinski definition) is 2. The minimum atomic E-state index is -0.266. The highest BCUT2D eigenvalue weighted by molar-refractivity contribution is 5.81. The first kappa shape index (κ1) is 16.7. The standard InChI is InChI=1S/C15H26N2O3/c1-5-19-10-14(11(2)3)17-12(4)15(18)16-9-13-7-6-8-20-13/h6-8,11-12,14,17H,5,9-10H2,1-4H3,(H,16,18). The lowest BCUT2D eigenvalue weighted by molar-refractivity contribution is -0.123. The molecule has 20 heavy (non-hydrogen) atoms. The molecule has 0 spiro atoms. The van der Waals surface area contributed by atoms with E-state index in [1.54, 1.807) is 12.3 Å². The van der Waals surface area contributed by atoms with Crippen LogP contribution in [0.15, 0.2) is 22.8 Å². The maximum atomic E-state index is 12.0. The summed E-state index contributed by atoms with van der Waals surface area (Å²) in [5.41, 5.74) is 0. The smallest absolute Gasteiger partial charge is 0.237 e.